The molecule has 3 heteroatoms. The Bertz CT molecular complexity index is 62.1. The van der Waals surface area contributed by atoms with Gasteiger partial charge in [0.05, 0.1) is 6.10 Å². The molecule has 1 rings (SSSR count). The Morgan fingerprint density at radius 1 is 1.67 bits per heavy atom. The average molecular weight is 132 g/mol. The van der Waals surface area contributed by atoms with Crippen LogP contribution >= 0.6 is 0 Å². The molecule has 1 saturated carbocycles. The smallest absolute Gasteiger partial charge is 0.0634 e. The van der Waals surface area contributed by atoms with Crippen LogP contribution in [0.3, 0.4) is 0 Å². The predicted molar refractivity (Wildman–Crippen MR) is 37.9 cm³/mol. The normalized spacial score (nSPS) is 20.0. The van der Waals surface area contributed by atoms with E-state index in [-0.39, 0.29) is 6.10 Å². The van der Waals surface area contributed by atoms with Crippen LogP contribution in [0.15, 0.2) is 0 Å². The third-order valence-corrected chi connectivity index (χ3v) is 0.963. The van der Waals surface area contributed by atoms with Gasteiger partial charge < -0.3 is 16.6 Å². The molecular formula is C6H16N2O. The van der Waals surface area contributed by atoms with E-state index in [1.165, 1.54) is 12.8 Å². The standard InChI is InChI=1S/C3H9NO.C3H7N/c1-3(5)2-4;4-3-1-2-3/h3,5H,2,4H2,1H3;3H,1-2,4H2. The molecule has 1 unspecified atom stereocenters. The summed E-state index contributed by atoms with van der Waals surface area (Å²) >= 11 is 0. The fourth-order valence-electron chi connectivity index (χ4n) is 0.0962. The molecule has 0 radical (unpaired) electrons. The van der Waals surface area contributed by atoms with Crippen molar-refractivity contribution < 1.29 is 5.11 Å². The lowest BCUT2D eigenvalue weighted by molar-refractivity contribution is 0.203. The van der Waals surface area contributed by atoms with Crippen LogP contribution in [0.5, 0.6) is 0 Å². The SMILES string of the molecule is CC(O)CN.NC1CC1. The molecule has 0 spiro atoms. The van der Waals surface area contributed by atoms with E-state index < -0.39 is 0 Å². The van der Waals surface area contributed by atoms with Crippen LogP contribution in [-0.4, -0.2) is 23.8 Å². The van der Waals surface area contributed by atoms with Gasteiger partial charge in [-0.2, -0.15) is 0 Å². The Morgan fingerprint density at radius 3 is 1.89 bits per heavy atom. The van der Waals surface area contributed by atoms with E-state index in [2.05, 4.69) is 0 Å². The molecule has 0 amide bonds. The van der Waals surface area contributed by atoms with Crippen LogP contribution in [0.25, 0.3) is 0 Å². The molecule has 0 aromatic carbocycles. The van der Waals surface area contributed by atoms with E-state index in [0.29, 0.717) is 12.6 Å². The molecule has 1 atom stereocenters. The highest BCUT2D eigenvalue weighted by atomic mass is 16.3. The van der Waals surface area contributed by atoms with Gasteiger partial charge in [0.2, 0.25) is 0 Å². The number of hydrogen-bond acceptors (Lipinski definition) is 3. The molecule has 1 aliphatic rings. The van der Waals surface area contributed by atoms with Gasteiger partial charge in [0, 0.05) is 12.6 Å². The second-order valence-electron chi connectivity index (χ2n) is 2.42. The minimum atomic E-state index is -0.338. The van der Waals surface area contributed by atoms with Crippen LogP contribution in [0.2, 0.25) is 0 Å². The maximum absolute atomic E-state index is 8.24. The van der Waals surface area contributed by atoms with E-state index in [1.807, 2.05) is 0 Å². The van der Waals surface area contributed by atoms with Crippen LogP contribution in [0.1, 0.15) is 19.8 Å². The maximum Gasteiger partial charge on any atom is 0.0634 e. The molecule has 1 aliphatic carbocycles. The van der Waals surface area contributed by atoms with E-state index in [4.69, 9.17) is 16.6 Å². The third-order valence-electron chi connectivity index (χ3n) is 0.963. The molecule has 0 bridgehead atoms. The van der Waals surface area contributed by atoms with Crippen molar-refractivity contribution in [3.63, 3.8) is 0 Å². The second kappa shape index (κ2) is 4.73. The van der Waals surface area contributed by atoms with Crippen molar-refractivity contribution >= 4 is 0 Å². The summed E-state index contributed by atoms with van der Waals surface area (Å²) in [6, 6.07) is 0.583. The van der Waals surface area contributed by atoms with Crippen molar-refractivity contribution in [3.05, 3.63) is 0 Å². The molecule has 56 valence electrons. The van der Waals surface area contributed by atoms with Gasteiger partial charge in [0.25, 0.3) is 0 Å². The predicted octanol–water partition coefficient (Wildman–Crippen LogP) is -0.567. The first-order chi connectivity index (χ1) is 4.16. The van der Waals surface area contributed by atoms with Crippen LogP contribution < -0.4 is 11.5 Å². The lowest BCUT2D eigenvalue weighted by Crippen LogP contribution is -2.14. The summed E-state index contributed by atoms with van der Waals surface area (Å²) in [5.74, 6) is 0. The van der Waals surface area contributed by atoms with Crippen molar-refractivity contribution in [1.82, 2.24) is 0 Å². The molecule has 0 heterocycles. The lowest BCUT2D eigenvalue weighted by atomic mass is 10.4. The highest BCUT2D eigenvalue weighted by molar-refractivity contribution is 4.75. The highest BCUT2D eigenvalue weighted by Crippen LogP contribution is 2.13. The summed E-state index contributed by atoms with van der Waals surface area (Å²) < 4.78 is 0. The average Bonchev–Trinajstić information content (AvgIpc) is 2.53. The molecule has 0 saturated heterocycles. The fraction of sp³-hybridized carbons (Fsp3) is 1.00. The lowest BCUT2D eigenvalue weighted by Gasteiger charge is -1.91. The number of aliphatic hydroxyl groups is 1. The zero-order chi connectivity index (χ0) is 7.28. The monoisotopic (exact) mass is 132 g/mol. The Kier molecular flexibility index (Phi) is 4.67. The Morgan fingerprint density at radius 2 is 1.89 bits per heavy atom. The Balaban J connectivity index is 0.000000144. The summed E-state index contributed by atoms with van der Waals surface area (Å²) in [7, 11) is 0. The van der Waals surface area contributed by atoms with Gasteiger partial charge in [0.15, 0.2) is 0 Å². The van der Waals surface area contributed by atoms with E-state index in [0.717, 1.165) is 0 Å². The van der Waals surface area contributed by atoms with Crippen molar-refractivity contribution in [2.24, 2.45) is 11.5 Å². The highest BCUT2D eigenvalue weighted by Gasteiger charge is 2.13. The second-order valence-corrected chi connectivity index (χ2v) is 2.42. The van der Waals surface area contributed by atoms with E-state index in [1.54, 1.807) is 6.92 Å². The molecule has 1 fully saturated rings. The minimum absolute atomic E-state index is 0.338. The molecule has 0 aliphatic heterocycles. The quantitative estimate of drug-likeness (QED) is 0.447. The van der Waals surface area contributed by atoms with Crippen molar-refractivity contribution in [2.75, 3.05) is 6.54 Å². The Labute approximate surface area is 56.0 Å². The van der Waals surface area contributed by atoms with Gasteiger partial charge >= 0.3 is 0 Å². The van der Waals surface area contributed by atoms with Gasteiger partial charge in [-0.1, -0.05) is 0 Å². The third kappa shape index (κ3) is 11.4. The van der Waals surface area contributed by atoms with Crippen LogP contribution in [0, 0.1) is 0 Å². The summed E-state index contributed by atoms with van der Waals surface area (Å²) in [6.07, 6.45) is 2.19. The van der Waals surface area contributed by atoms with Crippen molar-refractivity contribution in [1.29, 1.82) is 0 Å². The summed E-state index contributed by atoms with van der Waals surface area (Å²) in [5.41, 5.74) is 10.1. The van der Waals surface area contributed by atoms with E-state index in [9.17, 15) is 0 Å². The van der Waals surface area contributed by atoms with Gasteiger partial charge in [-0.3, -0.25) is 0 Å². The zero-order valence-electron chi connectivity index (χ0n) is 5.88. The molecule has 3 nitrogen and oxygen atoms in total. The molecule has 0 aromatic rings. The van der Waals surface area contributed by atoms with Gasteiger partial charge in [-0.25, -0.2) is 0 Å². The van der Waals surface area contributed by atoms with Crippen LogP contribution in [-0.2, 0) is 0 Å². The summed E-state index contributed by atoms with van der Waals surface area (Å²) in [6.45, 7) is 2.01. The number of aliphatic hydroxyl groups excluding tert-OH is 1. The number of rotatable bonds is 1. The molecule has 0 aromatic heterocycles. The molecule has 5 N–H and O–H groups in total. The first-order valence-corrected chi connectivity index (χ1v) is 3.30. The first-order valence-electron chi connectivity index (χ1n) is 3.30. The van der Waals surface area contributed by atoms with Crippen molar-refractivity contribution in [2.45, 2.75) is 31.9 Å². The summed E-state index contributed by atoms with van der Waals surface area (Å²) in [5, 5.41) is 8.24. The first kappa shape index (κ1) is 8.88. The largest absolute Gasteiger partial charge is 0.392 e. The van der Waals surface area contributed by atoms with Gasteiger partial charge in [-0.05, 0) is 19.8 Å². The van der Waals surface area contributed by atoms with Crippen molar-refractivity contribution in [3.8, 4) is 0 Å². The summed E-state index contributed by atoms with van der Waals surface area (Å²) in [4.78, 5) is 0. The zero-order valence-corrected chi connectivity index (χ0v) is 5.88. The van der Waals surface area contributed by atoms with Crippen LogP contribution in [0.4, 0.5) is 0 Å². The molecule has 9 heavy (non-hydrogen) atoms. The number of hydrogen-bond donors (Lipinski definition) is 3. The number of nitrogens with two attached hydrogens (primary N) is 2. The molecular weight excluding hydrogens is 116 g/mol. The topological polar surface area (TPSA) is 72.3 Å². The Hall–Kier alpha value is -0.120. The maximum atomic E-state index is 8.24. The van der Waals surface area contributed by atoms with Gasteiger partial charge in [-0.15, -0.1) is 0 Å². The minimum Gasteiger partial charge on any atom is -0.392 e. The van der Waals surface area contributed by atoms with Gasteiger partial charge in [0.1, 0.15) is 0 Å². The van der Waals surface area contributed by atoms with E-state index >= 15 is 0 Å². The fourth-order valence-corrected chi connectivity index (χ4v) is 0.0962.